The molecule has 3 fully saturated rings. The Kier molecular flexibility index (Phi) is 4.05. The van der Waals surface area contributed by atoms with Crippen molar-refractivity contribution in [2.75, 3.05) is 32.8 Å². The van der Waals surface area contributed by atoms with Crippen LogP contribution in [0.4, 0.5) is 0 Å². The van der Waals surface area contributed by atoms with Crippen molar-refractivity contribution in [2.45, 2.75) is 32.2 Å². The minimum Gasteiger partial charge on any atom is -0.493 e. The van der Waals surface area contributed by atoms with E-state index in [4.69, 9.17) is 16.3 Å². The molecule has 1 aromatic carbocycles. The average molecular weight is 321 g/mol. The fourth-order valence-corrected chi connectivity index (χ4v) is 4.05. The summed E-state index contributed by atoms with van der Waals surface area (Å²) in [7, 11) is 0. The van der Waals surface area contributed by atoms with Gasteiger partial charge in [0.25, 0.3) is 0 Å². The molecule has 120 valence electrons. The van der Waals surface area contributed by atoms with E-state index in [0.717, 1.165) is 29.8 Å². The van der Waals surface area contributed by atoms with Crippen molar-refractivity contribution in [1.82, 2.24) is 10.2 Å². The molecule has 22 heavy (non-hydrogen) atoms. The zero-order valence-corrected chi connectivity index (χ0v) is 13.9. The Hall–Kier alpha value is -0.770. The first-order valence-corrected chi connectivity index (χ1v) is 8.95. The molecule has 2 heterocycles. The second-order valence-electron chi connectivity index (χ2n) is 7.39. The summed E-state index contributed by atoms with van der Waals surface area (Å²) in [6, 6.07) is 6.07. The largest absolute Gasteiger partial charge is 0.493 e. The fraction of sp³-hybridized carbons (Fsp3) is 0.667. The summed E-state index contributed by atoms with van der Waals surface area (Å²) in [4.78, 5) is 2.57. The summed E-state index contributed by atoms with van der Waals surface area (Å²) in [6.07, 6.45) is 5.29. The van der Waals surface area contributed by atoms with Gasteiger partial charge in [0.1, 0.15) is 5.75 Å². The lowest BCUT2D eigenvalue weighted by Gasteiger charge is -2.23. The maximum atomic E-state index is 6.21. The van der Waals surface area contributed by atoms with Gasteiger partial charge in [-0.3, -0.25) is 4.90 Å². The van der Waals surface area contributed by atoms with E-state index in [1.165, 1.54) is 57.4 Å². The van der Waals surface area contributed by atoms with E-state index >= 15 is 0 Å². The maximum absolute atomic E-state index is 6.21. The Morgan fingerprint density at radius 3 is 3.00 bits per heavy atom. The molecule has 2 saturated heterocycles. The van der Waals surface area contributed by atoms with Crippen LogP contribution >= 0.6 is 11.6 Å². The average Bonchev–Trinajstić information content (AvgIpc) is 3.10. The van der Waals surface area contributed by atoms with Crippen LogP contribution in [0.1, 0.15) is 31.2 Å². The monoisotopic (exact) mass is 320 g/mol. The Morgan fingerprint density at radius 2 is 2.23 bits per heavy atom. The fourth-order valence-electron chi connectivity index (χ4n) is 3.85. The minimum atomic E-state index is 0.521. The van der Waals surface area contributed by atoms with Gasteiger partial charge in [0.2, 0.25) is 0 Å². The topological polar surface area (TPSA) is 24.5 Å². The van der Waals surface area contributed by atoms with Gasteiger partial charge in [-0.05, 0) is 68.3 Å². The van der Waals surface area contributed by atoms with Gasteiger partial charge in [-0.1, -0.05) is 11.6 Å². The molecular formula is C18H25ClN2O. The van der Waals surface area contributed by atoms with E-state index in [0.29, 0.717) is 5.41 Å². The van der Waals surface area contributed by atoms with Crippen molar-refractivity contribution in [1.29, 1.82) is 0 Å². The molecule has 1 unspecified atom stereocenters. The van der Waals surface area contributed by atoms with Gasteiger partial charge in [-0.2, -0.15) is 0 Å². The summed E-state index contributed by atoms with van der Waals surface area (Å²) in [5.74, 6) is 1.81. The predicted molar refractivity (Wildman–Crippen MR) is 89.5 cm³/mol. The number of nitrogens with zero attached hydrogens (tertiary/aromatic N) is 1. The van der Waals surface area contributed by atoms with E-state index in [1.807, 2.05) is 12.1 Å². The second kappa shape index (κ2) is 6.03. The third kappa shape index (κ3) is 3.27. The molecular weight excluding hydrogens is 296 g/mol. The number of rotatable bonds is 5. The van der Waals surface area contributed by atoms with Crippen LogP contribution in [0.5, 0.6) is 5.75 Å². The van der Waals surface area contributed by atoms with Crippen molar-refractivity contribution < 1.29 is 4.74 Å². The third-order valence-corrected chi connectivity index (χ3v) is 5.67. The van der Waals surface area contributed by atoms with Crippen LogP contribution in [-0.4, -0.2) is 37.7 Å². The zero-order valence-electron chi connectivity index (χ0n) is 13.1. The molecule has 0 radical (unpaired) electrons. The molecule has 0 bridgehead atoms. The first-order valence-electron chi connectivity index (χ1n) is 8.57. The van der Waals surface area contributed by atoms with Crippen LogP contribution in [-0.2, 0) is 6.54 Å². The Morgan fingerprint density at radius 1 is 1.32 bits per heavy atom. The molecule has 1 atom stereocenters. The third-order valence-electron chi connectivity index (χ3n) is 5.44. The van der Waals surface area contributed by atoms with Crippen LogP contribution < -0.4 is 10.1 Å². The minimum absolute atomic E-state index is 0.521. The highest BCUT2D eigenvalue weighted by Crippen LogP contribution is 2.38. The molecule has 0 aromatic heterocycles. The van der Waals surface area contributed by atoms with E-state index in [-0.39, 0.29) is 0 Å². The number of hydrogen-bond donors (Lipinski definition) is 1. The molecule has 4 heteroatoms. The molecule has 3 aliphatic rings. The lowest BCUT2D eigenvalue weighted by molar-refractivity contribution is 0.257. The van der Waals surface area contributed by atoms with Gasteiger partial charge < -0.3 is 10.1 Å². The molecule has 1 aromatic rings. The van der Waals surface area contributed by atoms with Crippen molar-refractivity contribution >= 4 is 11.6 Å². The summed E-state index contributed by atoms with van der Waals surface area (Å²) in [5, 5.41) is 4.34. The first-order chi connectivity index (χ1) is 10.7. The van der Waals surface area contributed by atoms with Gasteiger partial charge in [0.15, 0.2) is 0 Å². The van der Waals surface area contributed by atoms with E-state index in [1.54, 1.807) is 0 Å². The standard InChI is InChI=1S/C18H25ClN2O/c19-16-3-4-17(22-11-14-1-2-14)15(9-16)10-21-8-6-18(13-21)5-7-20-12-18/h3-4,9,14,20H,1-2,5-8,10-13H2. The second-order valence-corrected chi connectivity index (χ2v) is 7.83. The maximum Gasteiger partial charge on any atom is 0.123 e. The molecule has 1 aliphatic carbocycles. The number of hydrogen-bond acceptors (Lipinski definition) is 3. The van der Waals surface area contributed by atoms with Gasteiger partial charge in [-0.25, -0.2) is 0 Å². The Labute approximate surface area is 138 Å². The van der Waals surface area contributed by atoms with Crippen molar-refractivity contribution in [3.8, 4) is 5.75 Å². The van der Waals surface area contributed by atoms with Gasteiger partial charge in [0, 0.05) is 30.2 Å². The van der Waals surface area contributed by atoms with Crippen LogP contribution in [0.3, 0.4) is 0 Å². The molecule has 4 rings (SSSR count). The van der Waals surface area contributed by atoms with Crippen molar-refractivity contribution in [3.63, 3.8) is 0 Å². The first kappa shape index (κ1) is 14.8. The highest BCUT2D eigenvalue weighted by atomic mass is 35.5. The Bertz CT molecular complexity index is 538. The smallest absolute Gasteiger partial charge is 0.123 e. The highest BCUT2D eigenvalue weighted by Gasteiger charge is 2.40. The van der Waals surface area contributed by atoms with Gasteiger partial charge >= 0.3 is 0 Å². The number of benzene rings is 1. The van der Waals surface area contributed by atoms with Crippen molar-refractivity contribution in [3.05, 3.63) is 28.8 Å². The van der Waals surface area contributed by atoms with Crippen LogP contribution in [0.25, 0.3) is 0 Å². The predicted octanol–water partition coefficient (Wildman–Crippen LogP) is 3.31. The van der Waals surface area contributed by atoms with Crippen LogP contribution in [0.15, 0.2) is 18.2 Å². The quantitative estimate of drug-likeness (QED) is 0.900. The van der Waals surface area contributed by atoms with Crippen LogP contribution in [0, 0.1) is 11.3 Å². The van der Waals surface area contributed by atoms with Crippen molar-refractivity contribution in [2.24, 2.45) is 11.3 Å². The van der Waals surface area contributed by atoms with E-state index in [9.17, 15) is 0 Å². The van der Waals surface area contributed by atoms with E-state index < -0.39 is 0 Å². The lowest BCUT2D eigenvalue weighted by atomic mass is 9.86. The van der Waals surface area contributed by atoms with E-state index in [2.05, 4.69) is 16.3 Å². The molecule has 1 saturated carbocycles. The SMILES string of the molecule is Clc1ccc(OCC2CC2)c(CN2CCC3(CCNC3)C2)c1. The van der Waals surface area contributed by atoms with Gasteiger partial charge in [0.05, 0.1) is 6.61 Å². The molecule has 1 spiro atoms. The normalized spacial score (nSPS) is 28.6. The molecule has 0 amide bonds. The van der Waals surface area contributed by atoms with Gasteiger partial charge in [-0.15, -0.1) is 0 Å². The molecule has 3 nitrogen and oxygen atoms in total. The zero-order chi connectivity index (χ0) is 15.0. The number of likely N-dealkylation sites (tertiary alicyclic amines) is 1. The summed E-state index contributed by atoms with van der Waals surface area (Å²) < 4.78 is 6.05. The highest BCUT2D eigenvalue weighted by molar-refractivity contribution is 6.30. The number of ether oxygens (including phenoxy) is 1. The number of nitrogens with one attached hydrogen (secondary N) is 1. The number of halogens is 1. The molecule has 2 aliphatic heterocycles. The summed E-state index contributed by atoms with van der Waals surface area (Å²) in [5.41, 5.74) is 1.77. The Balaban J connectivity index is 1.43. The summed E-state index contributed by atoms with van der Waals surface area (Å²) >= 11 is 6.21. The molecule has 1 N–H and O–H groups in total. The lowest BCUT2D eigenvalue weighted by Crippen LogP contribution is -2.29. The summed E-state index contributed by atoms with van der Waals surface area (Å²) in [6.45, 7) is 6.58. The van der Waals surface area contributed by atoms with Crippen LogP contribution in [0.2, 0.25) is 5.02 Å².